The number of imidazole rings is 1. The number of nitrogens with one attached hydrogen (secondary N) is 2. The lowest BCUT2D eigenvalue weighted by atomic mass is 10.2. The second kappa shape index (κ2) is 7.36. The van der Waals surface area contributed by atoms with Gasteiger partial charge >= 0.3 is 0 Å². The van der Waals surface area contributed by atoms with Crippen LogP contribution >= 0.6 is 11.6 Å². The number of hydrogen-bond acceptors (Lipinski definition) is 3. The Kier molecular flexibility index (Phi) is 5.01. The topological polar surface area (TPSA) is 67.0 Å². The van der Waals surface area contributed by atoms with Gasteiger partial charge in [-0.3, -0.25) is 4.79 Å². The standard InChI is InChI=1S/C18H18ClN3O2/c1-12-4-7-14(8-5-12)24-10-2-3-17(23)20-13-6-9-15-16(11-13)22-18(19)21-15/h4-9,11H,2-3,10H2,1H3,(H,20,23)(H,21,22). The molecule has 3 rings (SSSR count). The van der Waals surface area contributed by atoms with E-state index in [9.17, 15) is 4.79 Å². The van der Waals surface area contributed by atoms with Crippen LogP contribution in [0, 0.1) is 6.92 Å². The van der Waals surface area contributed by atoms with Gasteiger partial charge in [0.25, 0.3) is 0 Å². The zero-order chi connectivity index (χ0) is 16.9. The molecular formula is C18H18ClN3O2. The van der Waals surface area contributed by atoms with Crippen LogP contribution in [0.5, 0.6) is 5.75 Å². The van der Waals surface area contributed by atoms with Crippen molar-refractivity contribution in [3.05, 3.63) is 53.3 Å². The molecule has 1 amide bonds. The summed E-state index contributed by atoms with van der Waals surface area (Å²) in [6.07, 6.45) is 1.05. The van der Waals surface area contributed by atoms with Crippen molar-refractivity contribution in [3.8, 4) is 5.75 Å². The average Bonchev–Trinajstić information content (AvgIpc) is 2.92. The molecule has 0 spiro atoms. The fourth-order valence-electron chi connectivity index (χ4n) is 2.34. The highest BCUT2D eigenvalue weighted by atomic mass is 35.5. The highest BCUT2D eigenvalue weighted by Crippen LogP contribution is 2.19. The normalized spacial score (nSPS) is 10.8. The quantitative estimate of drug-likeness (QED) is 0.655. The Hall–Kier alpha value is -2.53. The van der Waals surface area contributed by atoms with Crippen LogP contribution in [0.15, 0.2) is 42.5 Å². The first-order valence-corrected chi connectivity index (χ1v) is 8.12. The summed E-state index contributed by atoms with van der Waals surface area (Å²) in [5, 5.41) is 3.20. The summed E-state index contributed by atoms with van der Waals surface area (Å²) in [5.41, 5.74) is 3.47. The van der Waals surface area contributed by atoms with Gasteiger partial charge in [0.05, 0.1) is 17.6 Å². The van der Waals surface area contributed by atoms with E-state index < -0.39 is 0 Å². The molecule has 0 atom stereocenters. The smallest absolute Gasteiger partial charge is 0.224 e. The lowest BCUT2D eigenvalue weighted by Crippen LogP contribution is -2.12. The first kappa shape index (κ1) is 16.3. The molecule has 0 radical (unpaired) electrons. The van der Waals surface area contributed by atoms with Gasteiger partial charge in [0.2, 0.25) is 11.2 Å². The molecule has 6 heteroatoms. The van der Waals surface area contributed by atoms with E-state index in [0.29, 0.717) is 30.4 Å². The number of aromatic nitrogens is 2. The number of carbonyl (C=O) groups excluding carboxylic acids is 1. The Bertz CT molecular complexity index is 843. The lowest BCUT2D eigenvalue weighted by Gasteiger charge is -2.07. The molecule has 3 aromatic rings. The second-order valence-electron chi connectivity index (χ2n) is 5.57. The van der Waals surface area contributed by atoms with Crippen molar-refractivity contribution in [1.29, 1.82) is 0 Å². The highest BCUT2D eigenvalue weighted by Gasteiger charge is 2.06. The van der Waals surface area contributed by atoms with Gasteiger partial charge in [0, 0.05) is 12.1 Å². The number of benzene rings is 2. The summed E-state index contributed by atoms with van der Waals surface area (Å²) in [5.74, 6) is 0.773. The minimum atomic E-state index is -0.0486. The molecular weight excluding hydrogens is 326 g/mol. The Balaban J connectivity index is 1.45. The number of aryl methyl sites for hydroxylation is 1. The summed E-state index contributed by atoms with van der Waals surface area (Å²) in [4.78, 5) is 19.0. The Morgan fingerprint density at radius 3 is 2.83 bits per heavy atom. The first-order valence-electron chi connectivity index (χ1n) is 7.75. The van der Waals surface area contributed by atoms with Crippen LogP contribution in [0.3, 0.4) is 0 Å². The molecule has 0 saturated heterocycles. The Morgan fingerprint density at radius 1 is 1.25 bits per heavy atom. The molecule has 0 fully saturated rings. The largest absolute Gasteiger partial charge is 0.494 e. The molecule has 2 N–H and O–H groups in total. The molecule has 0 bridgehead atoms. The van der Waals surface area contributed by atoms with Crippen molar-refractivity contribution >= 4 is 34.2 Å². The average molecular weight is 344 g/mol. The molecule has 2 aromatic carbocycles. The predicted octanol–water partition coefficient (Wildman–Crippen LogP) is 4.32. The highest BCUT2D eigenvalue weighted by molar-refractivity contribution is 6.29. The number of aromatic amines is 1. The van der Waals surface area contributed by atoms with Crippen molar-refractivity contribution in [2.75, 3.05) is 11.9 Å². The van der Waals surface area contributed by atoms with Crippen LogP contribution in [-0.4, -0.2) is 22.5 Å². The van der Waals surface area contributed by atoms with Crippen LogP contribution in [0.4, 0.5) is 5.69 Å². The maximum Gasteiger partial charge on any atom is 0.224 e. The molecule has 0 unspecified atom stereocenters. The molecule has 1 heterocycles. The van der Waals surface area contributed by atoms with Crippen LogP contribution in [0.1, 0.15) is 18.4 Å². The lowest BCUT2D eigenvalue weighted by molar-refractivity contribution is -0.116. The second-order valence-corrected chi connectivity index (χ2v) is 5.93. The van der Waals surface area contributed by atoms with E-state index in [1.165, 1.54) is 5.56 Å². The maximum atomic E-state index is 12.0. The Labute approximate surface area is 145 Å². The molecule has 1 aromatic heterocycles. The van der Waals surface area contributed by atoms with E-state index in [0.717, 1.165) is 16.8 Å². The number of fused-ring (bicyclic) bond motifs is 1. The number of anilines is 1. The summed E-state index contributed by atoms with van der Waals surface area (Å²) in [6, 6.07) is 13.3. The fourth-order valence-corrected chi connectivity index (χ4v) is 2.53. The van der Waals surface area contributed by atoms with Crippen molar-refractivity contribution < 1.29 is 9.53 Å². The van der Waals surface area contributed by atoms with Gasteiger partial charge in [-0.15, -0.1) is 0 Å². The summed E-state index contributed by atoms with van der Waals surface area (Å²) < 4.78 is 5.61. The van der Waals surface area contributed by atoms with Gasteiger partial charge in [-0.2, -0.15) is 0 Å². The predicted molar refractivity (Wildman–Crippen MR) is 95.6 cm³/mol. The van der Waals surface area contributed by atoms with Crippen LogP contribution < -0.4 is 10.1 Å². The summed E-state index contributed by atoms with van der Waals surface area (Å²) in [6.45, 7) is 2.54. The molecule has 124 valence electrons. The van der Waals surface area contributed by atoms with Crippen LogP contribution in [-0.2, 0) is 4.79 Å². The number of H-pyrrole nitrogens is 1. The summed E-state index contributed by atoms with van der Waals surface area (Å²) in [7, 11) is 0. The van der Waals surface area contributed by atoms with E-state index in [-0.39, 0.29) is 5.91 Å². The number of rotatable bonds is 6. The van der Waals surface area contributed by atoms with Gasteiger partial charge < -0.3 is 15.0 Å². The Morgan fingerprint density at radius 2 is 2.04 bits per heavy atom. The van der Waals surface area contributed by atoms with Crippen molar-refractivity contribution in [2.45, 2.75) is 19.8 Å². The minimum Gasteiger partial charge on any atom is -0.494 e. The minimum absolute atomic E-state index is 0.0486. The zero-order valence-corrected chi connectivity index (χ0v) is 14.1. The molecule has 24 heavy (non-hydrogen) atoms. The first-order chi connectivity index (χ1) is 11.6. The van der Waals surface area contributed by atoms with Crippen molar-refractivity contribution in [1.82, 2.24) is 9.97 Å². The molecule has 0 aliphatic carbocycles. The number of halogens is 1. The number of carbonyl (C=O) groups is 1. The number of hydrogen-bond donors (Lipinski definition) is 2. The van der Waals surface area contributed by atoms with Gasteiger partial charge in [-0.05, 0) is 55.3 Å². The van der Waals surface area contributed by atoms with E-state index in [1.807, 2.05) is 43.3 Å². The SMILES string of the molecule is Cc1ccc(OCCCC(=O)Nc2ccc3nc(Cl)[nH]c3c2)cc1. The maximum absolute atomic E-state index is 12.0. The fraction of sp³-hybridized carbons (Fsp3) is 0.222. The monoisotopic (exact) mass is 343 g/mol. The molecule has 0 aliphatic heterocycles. The van der Waals surface area contributed by atoms with E-state index in [4.69, 9.17) is 16.3 Å². The molecule has 5 nitrogen and oxygen atoms in total. The van der Waals surface area contributed by atoms with E-state index in [2.05, 4.69) is 15.3 Å². The van der Waals surface area contributed by atoms with Crippen LogP contribution in [0.2, 0.25) is 5.28 Å². The summed E-state index contributed by atoms with van der Waals surface area (Å²) >= 11 is 5.82. The van der Waals surface area contributed by atoms with Crippen LogP contribution in [0.25, 0.3) is 11.0 Å². The third kappa shape index (κ3) is 4.26. The third-order valence-corrected chi connectivity index (χ3v) is 3.75. The molecule has 0 saturated carbocycles. The van der Waals surface area contributed by atoms with E-state index >= 15 is 0 Å². The molecule has 0 aliphatic rings. The number of ether oxygens (including phenoxy) is 1. The van der Waals surface area contributed by atoms with Crippen molar-refractivity contribution in [3.63, 3.8) is 0 Å². The number of nitrogens with zero attached hydrogens (tertiary/aromatic N) is 1. The van der Waals surface area contributed by atoms with E-state index in [1.54, 1.807) is 6.07 Å². The van der Waals surface area contributed by atoms with Gasteiger partial charge in [-0.25, -0.2) is 4.98 Å². The van der Waals surface area contributed by atoms with Gasteiger partial charge in [0.15, 0.2) is 0 Å². The third-order valence-electron chi connectivity index (χ3n) is 3.57. The van der Waals surface area contributed by atoms with Gasteiger partial charge in [-0.1, -0.05) is 17.7 Å². The van der Waals surface area contributed by atoms with Gasteiger partial charge in [0.1, 0.15) is 5.75 Å². The zero-order valence-electron chi connectivity index (χ0n) is 13.3. The number of amides is 1. The van der Waals surface area contributed by atoms with Crippen molar-refractivity contribution in [2.24, 2.45) is 0 Å².